The Bertz CT molecular complexity index is 72.0. The van der Waals surface area contributed by atoms with Gasteiger partial charge >= 0.3 is 0 Å². The molecule has 0 spiro atoms. The molecule has 0 atom stereocenters. The minimum atomic E-state index is 0.101. The minimum Gasteiger partial charge on any atom is -0.0737 e. The van der Waals surface area contributed by atoms with Crippen LogP contribution in [0.15, 0.2) is 0 Å². The quantitative estimate of drug-likeness (QED) is 0.422. The third-order valence-electron chi connectivity index (χ3n) is 1.76. The third-order valence-corrected chi connectivity index (χ3v) is 5.94. The highest BCUT2D eigenvalue weighted by Gasteiger charge is 1.96. The molecule has 2 heteroatoms. The number of hydrogen-bond donors (Lipinski definition) is 0. The van der Waals surface area contributed by atoms with Crippen LogP contribution in [0.2, 0.25) is 19.1 Å². The maximum atomic E-state index is 2.43. The largest absolute Gasteiger partial charge is 0.0737 e. The van der Waals surface area contributed by atoms with Crippen molar-refractivity contribution in [3.8, 4) is 0 Å². The smallest absolute Gasteiger partial charge is 0.0278 e. The second kappa shape index (κ2) is 8.53. The highest BCUT2D eigenvalue weighted by molar-refractivity contribution is 7.11. The average molecular weight is 185 g/mol. The standard InChI is InChI=1S/C9H21Si2/c1-4-5-6-7-8-9-10-11(2)3/h4-9H2,1-3H3. The van der Waals surface area contributed by atoms with Gasteiger partial charge in [-0.25, -0.2) is 0 Å². The molecule has 0 amide bonds. The van der Waals surface area contributed by atoms with Crippen molar-refractivity contribution >= 4 is 17.4 Å². The van der Waals surface area contributed by atoms with Crippen LogP contribution in [0.5, 0.6) is 0 Å². The monoisotopic (exact) mass is 185 g/mol. The van der Waals surface area contributed by atoms with Crippen molar-refractivity contribution in [2.24, 2.45) is 0 Å². The molecule has 0 unspecified atom stereocenters. The highest BCUT2D eigenvalue weighted by atomic mass is 29.2. The fourth-order valence-electron chi connectivity index (χ4n) is 1.07. The van der Waals surface area contributed by atoms with Gasteiger partial charge in [-0.3, -0.25) is 0 Å². The molecule has 0 aromatic heterocycles. The first-order valence-electron chi connectivity index (χ1n) is 4.81. The van der Waals surface area contributed by atoms with E-state index in [0.717, 1.165) is 0 Å². The lowest BCUT2D eigenvalue weighted by Gasteiger charge is -2.00. The van der Waals surface area contributed by atoms with Gasteiger partial charge in [0.15, 0.2) is 0 Å². The summed E-state index contributed by atoms with van der Waals surface area (Å²) in [5, 5.41) is 0. The van der Waals surface area contributed by atoms with Crippen LogP contribution in [0.25, 0.3) is 0 Å². The molecule has 0 aromatic carbocycles. The van der Waals surface area contributed by atoms with E-state index in [9.17, 15) is 0 Å². The Hall–Kier alpha value is 0.434. The van der Waals surface area contributed by atoms with E-state index in [1.807, 2.05) is 0 Å². The molecular weight excluding hydrogens is 164 g/mol. The molecule has 11 heavy (non-hydrogen) atoms. The molecule has 0 aliphatic heterocycles. The Morgan fingerprint density at radius 2 is 1.64 bits per heavy atom. The summed E-state index contributed by atoms with van der Waals surface area (Å²) in [5.41, 5.74) is 0. The summed E-state index contributed by atoms with van der Waals surface area (Å²) in [6.45, 7) is 7.13. The number of unbranched alkanes of at least 4 members (excludes halogenated alkanes) is 4. The van der Waals surface area contributed by atoms with Crippen molar-refractivity contribution in [1.82, 2.24) is 0 Å². The molecule has 0 aliphatic rings. The van der Waals surface area contributed by atoms with Crippen molar-refractivity contribution in [2.75, 3.05) is 0 Å². The zero-order valence-electron chi connectivity index (χ0n) is 8.24. The summed E-state index contributed by atoms with van der Waals surface area (Å²) >= 11 is 0. The second-order valence-corrected chi connectivity index (χ2v) is 10.3. The van der Waals surface area contributed by atoms with Gasteiger partial charge in [0, 0.05) is 17.4 Å². The second-order valence-electron chi connectivity index (χ2n) is 3.34. The van der Waals surface area contributed by atoms with Gasteiger partial charge in [0.05, 0.1) is 0 Å². The first-order chi connectivity index (χ1) is 5.27. The Morgan fingerprint density at radius 3 is 2.18 bits per heavy atom. The van der Waals surface area contributed by atoms with Crippen molar-refractivity contribution in [3.05, 3.63) is 0 Å². The van der Waals surface area contributed by atoms with E-state index in [-0.39, 0.29) is 8.31 Å². The Kier molecular flexibility index (Phi) is 8.87. The molecule has 0 N–H and O–H groups in total. The summed E-state index contributed by atoms with van der Waals surface area (Å²) in [6.07, 6.45) is 7.26. The maximum absolute atomic E-state index is 2.43. The van der Waals surface area contributed by atoms with Crippen molar-refractivity contribution < 1.29 is 0 Å². The number of hydrogen-bond acceptors (Lipinski definition) is 0. The van der Waals surface area contributed by atoms with E-state index in [1.165, 1.54) is 47.2 Å². The zero-order valence-corrected chi connectivity index (χ0v) is 10.2. The van der Waals surface area contributed by atoms with Crippen LogP contribution in [0.4, 0.5) is 0 Å². The molecule has 65 valence electrons. The molecular formula is C9H21Si2. The van der Waals surface area contributed by atoms with Crippen molar-refractivity contribution in [1.29, 1.82) is 0 Å². The summed E-state index contributed by atoms with van der Waals surface area (Å²) in [6, 6.07) is 1.52. The Labute approximate surface area is 76.0 Å². The van der Waals surface area contributed by atoms with Gasteiger partial charge < -0.3 is 0 Å². The highest BCUT2D eigenvalue weighted by Crippen LogP contribution is 2.04. The van der Waals surface area contributed by atoms with Gasteiger partial charge in [-0.05, 0) is 0 Å². The zero-order chi connectivity index (χ0) is 8.53. The van der Waals surface area contributed by atoms with E-state index >= 15 is 0 Å². The molecule has 0 fully saturated rings. The van der Waals surface area contributed by atoms with E-state index in [0.29, 0.717) is 0 Å². The third kappa shape index (κ3) is 10.4. The molecule has 0 heterocycles. The van der Waals surface area contributed by atoms with Crippen LogP contribution in [-0.4, -0.2) is 17.4 Å². The van der Waals surface area contributed by atoms with Crippen molar-refractivity contribution in [2.45, 2.75) is 58.2 Å². The van der Waals surface area contributed by atoms with E-state index in [1.54, 1.807) is 0 Å². The van der Waals surface area contributed by atoms with Gasteiger partial charge in [0.1, 0.15) is 0 Å². The lowest BCUT2D eigenvalue weighted by atomic mass is 10.2. The average Bonchev–Trinajstić information content (AvgIpc) is 1.96. The van der Waals surface area contributed by atoms with E-state index in [2.05, 4.69) is 20.0 Å². The first-order valence-corrected chi connectivity index (χ1v) is 9.52. The van der Waals surface area contributed by atoms with Crippen molar-refractivity contribution in [3.63, 3.8) is 0 Å². The number of rotatable bonds is 7. The van der Waals surface area contributed by atoms with E-state index in [4.69, 9.17) is 0 Å². The Morgan fingerprint density at radius 1 is 1.00 bits per heavy atom. The van der Waals surface area contributed by atoms with Gasteiger partial charge in [0.2, 0.25) is 0 Å². The predicted molar refractivity (Wildman–Crippen MR) is 56.8 cm³/mol. The van der Waals surface area contributed by atoms with Gasteiger partial charge in [0.25, 0.3) is 0 Å². The topological polar surface area (TPSA) is 0 Å². The molecule has 0 nitrogen and oxygen atoms in total. The molecule has 0 saturated carbocycles. The van der Waals surface area contributed by atoms with Crippen LogP contribution < -0.4 is 0 Å². The fourth-order valence-corrected chi connectivity index (χ4v) is 4.02. The first kappa shape index (κ1) is 11.4. The summed E-state index contributed by atoms with van der Waals surface area (Å²) in [7, 11) is 1.40. The predicted octanol–water partition coefficient (Wildman–Crippen LogP) is 3.33. The van der Waals surface area contributed by atoms with Crippen LogP contribution in [-0.2, 0) is 0 Å². The molecule has 0 aromatic rings. The summed E-state index contributed by atoms with van der Waals surface area (Å²) < 4.78 is 0. The van der Waals surface area contributed by atoms with Crippen LogP contribution in [0.3, 0.4) is 0 Å². The van der Waals surface area contributed by atoms with Gasteiger partial charge in [-0.2, -0.15) is 0 Å². The van der Waals surface area contributed by atoms with Crippen LogP contribution in [0.1, 0.15) is 39.0 Å². The van der Waals surface area contributed by atoms with Gasteiger partial charge in [-0.15, -0.1) is 0 Å². The summed E-state index contributed by atoms with van der Waals surface area (Å²) in [5.74, 6) is 0. The molecule has 3 radical (unpaired) electrons. The summed E-state index contributed by atoms with van der Waals surface area (Å²) in [4.78, 5) is 0. The maximum Gasteiger partial charge on any atom is 0.0278 e. The van der Waals surface area contributed by atoms with Crippen LogP contribution in [0, 0.1) is 0 Å². The lowest BCUT2D eigenvalue weighted by molar-refractivity contribution is 0.656. The molecule has 0 bridgehead atoms. The lowest BCUT2D eigenvalue weighted by Crippen LogP contribution is -2.11. The van der Waals surface area contributed by atoms with Crippen LogP contribution >= 0.6 is 0 Å². The minimum absolute atomic E-state index is 0.101. The normalized spacial score (nSPS) is 10.9. The fraction of sp³-hybridized carbons (Fsp3) is 1.00. The Balaban J connectivity index is 2.80. The van der Waals surface area contributed by atoms with Gasteiger partial charge in [-0.1, -0.05) is 58.2 Å². The molecule has 0 rings (SSSR count). The SMILES string of the molecule is CCCCCCC[Si][Si](C)C. The van der Waals surface area contributed by atoms with E-state index < -0.39 is 0 Å². The molecule has 0 saturated heterocycles. The molecule has 0 aliphatic carbocycles.